The van der Waals surface area contributed by atoms with E-state index in [9.17, 15) is 9.18 Å². The lowest BCUT2D eigenvalue weighted by molar-refractivity contribution is 0.102. The first-order valence-electron chi connectivity index (χ1n) is 9.52. The van der Waals surface area contributed by atoms with Crippen LogP contribution in [0.2, 0.25) is 0 Å². The first-order valence-corrected chi connectivity index (χ1v) is 9.52. The zero-order valence-electron chi connectivity index (χ0n) is 16.0. The number of carbonyl (C=O) groups excluding carboxylic acids is 1. The van der Waals surface area contributed by atoms with Crippen molar-refractivity contribution in [2.45, 2.75) is 20.3 Å². The van der Waals surface area contributed by atoms with Gasteiger partial charge in [-0.2, -0.15) is 0 Å². The van der Waals surface area contributed by atoms with Crippen molar-refractivity contribution in [3.8, 4) is 0 Å². The number of hydrogen-bond donors (Lipinski definition) is 1. The minimum absolute atomic E-state index is 0.0269. The Balaban J connectivity index is 1.54. The van der Waals surface area contributed by atoms with Gasteiger partial charge in [-0.15, -0.1) is 0 Å². The zero-order chi connectivity index (χ0) is 19.2. The third kappa shape index (κ3) is 5.26. The molecule has 0 unspecified atom stereocenters. The number of nitrogens with zero attached hydrogens (tertiary/aromatic N) is 3. The second-order valence-electron chi connectivity index (χ2n) is 7.35. The maximum absolute atomic E-state index is 13.7. The van der Waals surface area contributed by atoms with E-state index in [2.05, 4.69) is 33.9 Å². The molecule has 0 aliphatic carbocycles. The van der Waals surface area contributed by atoms with Crippen molar-refractivity contribution in [1.29, 1.82) is 0 Å². The highest BCUT2D eigenvalue weighted by Gasteiger charge is 2.18. The second kappa shape index (κ2) is 8.95. The van der Waals surface area contributed by atoms with Crippen LogP contribution in [0.25, 0.3) is 0 Å². The molecule has 1 aliphatic heterocycles. The number of pyridine rings is 1. The van der Waals surface area contributed by atoms with Gasteiger partial charge in [0, 0.05) is 26.2 Å². The van der Waals surface area contributed by atoms with Crippen molar-refractivity contribution in [2.75, 3.05) is 42.9 Å². The summed E-state index contributed by atoms with van der Waals surface area (Å²) in [5, 5.41) is 2.70. The van der Waals surface area contributed by atoms with Gasteiger partial charge in [-0.1, -0.05) is 26.0 Å². The molecule has 1 N–H and O–H groups in total. The highest BCUT2D eigenvalue weighted by Crippen LogP contribution is 2.18. The molecule has 1 aromatic heterocycles. The fourth-order valence-electron chi connectivity index (χ4n) is 3.13. The van der Waals surface area contributed by atoms with Gasteiger partial charge in [0.2, 0.25) is 0 Å². The molecule has 1 amide bonds. The van der Waals surface area contributed by atoms with Crippen LogP contribution in [0.3, 0.4) is 0 Å². The van der Waals surface area contributed by atoms with Gasteiger partial charge < -0.3 is 10.2 Å². The number of rotatable bonds is 6. The number of piperazine rings is 1. The van der Waals surface area contributed by atoms with Crippen LogP contribution in [0.1, 0.15) is 30.6 Å². The van der Waals surface area contributed by atoms with Crippen molar-refractivity contribution in [3.05, 3.63) is 54.0 Å². The lowest BCUT2D eigenvalue weighted by Gasteiger charge is -2.35. The minimum atomic E-state index is -0.532. The molecule has 0 spiro atoms. The molecule has 6 heteroatoms. The van der Waals surface area contributed by atoms with Crippen LogP contribution in [0.15, 0.2) is 42.6 Å². The lowest BCUT2D eigenvalue weighted by Crippen LogP contribution is -2.47. The van der Waals surface area contributed by atoms with Crippen molar-refractivity contribution >= 4 is 17.4 Å². The number of halogens is 1. The summed E-state index contributed by atoms with van der Waals surface area (Å²) in [5.74, 6) is 0.635. The van der Waals surface area contributed by atoms with E-state index in [-0.39, 0.29) is 5.56 Å². The molecule has 144 valence electrons. The number of benzene rings is 1. The van der Waals surface area contributed by atoms with Crippen molar-refractivity contribution in [2.24, 2.45) is 5.92 Å². The summed E-state index contributed by atoms with van der Waals surface area (Å²) in [6.45, 7) is 9.65. The van der Waals surface area contributed by atoms with Crippen molar-refractivity contribution in [1.82, 2.24) is 9.88 Å². The van der Waals surface area contributed by atoms with Gasteiger partial charge in [0.1, 0.15) is 11.6 Å². The molecule has 0 saturated carbocycles. The van der Waals surface area contributed by atoms with Crippen LogP contribution in [-0.4, -0.2) is 48.5 Å². The number of amides is 1. The molecule has 0 atom stereocenters. The number of nitrogens with one attached hydrogen (secondary N) is 1. The van der Waals surface area contributed by atoms with E-state index < -0.39 is 11.7 Å². The van der Waals surface area contributed by atoms with Gasteiger partial charge in [0.25, 0.3) is 5.91 Å². The summed E-state index contributed by atoms with van der Waals surface area (Å²) in [7, 11) is 0. The molecule has 5 nitrogen and oxygen atoms in total. The molecular formula is C21H27FN4O. The van der Waals surface area contributed by atoms with Gasteiger partial charge in [-0.3, -0.25) is 9.69 Å². The summed E-state index contributed by atoms with van der Waals surface area (Å²) in [6, 6.07) is 9.65. The fourth-order valence-corrected chi connectivity index (χ4v) is 3.13. The van der Waals surface area contributed by atoms with Crippen molar-refractivity contribution in [3.63, 3.8) is 0 Å². The van der Waals surface area contributed by atoms with E-state index in [0.717, 1.165) is 44.5 Å². The maximum atomic E-state index is 13.7. The zero-order valence-corrected chi connectivity index (χ0v) is 16.0. The van der Waals surface area contributed by atoms with E-state index in [0.29, 0.717) is 5.69 Å². The molecule has 2 aromatic rings. The van der Waals surface area contributed by atoms with Gasteiger partial charge in [-0.05, 0) is 43.1 Å². The minimum Gasteiger partial charge on any atom is -0.354 e. The monoisotopic (exact) mass is 370 g/mol. The van der Waals surface area contributed by atoms with E-state index >= 15 is 0 Å². The molecule has 3 rings (SSSR count). The Kier molecular flexibility index (Phi) is 6.40. The molecule has 1 aromatic carbocycles. The molecular weight excluding hydrogens is 343 g/mol. The third-order valence-corrected chi connectivity index (χ3v) is 4.84. The quantitative estimate of drug-likeness (QED) is 0.843. The van der Waals surface area contributed by atoms with Crippen LogP contribution in [0.4, 0.5) is 15.9 Å². The predicted molar refractivity (Wildman–Crippen MR) is 107 cm³/mol. The lowest BCUT2D eigenvalue weighted by atomic mass is 10.1. The van der Waals surface area contributed by atoms with Crippen molar-refractivity contribution < 1.29 is 9.18 Å². The first-order chi connectivity index (χ1) is 13.0. The average molecular weight is 370 g/mol. The van der Waals surface area contributed by atoms with E-state index in [4.69, 9.17) is 0 Å². The van der Waals surface area contributed by atoms with E-state index in [1.807, 2.05) is 12.1 Å². The van der Waals surface area contributed by atoms with E-state index in [1.165, 1.54) is 18.6 Å². The average Bonchev–Trinajstić information content (AvgIpc) is 2.68. The largest absolute Gasteiger partial charge is 0.354 e. The molecule has 0 bridgehead atoms. The highest BCUT2D eigenvalue weighted by atomic mass is 19.1. The van der Waals surface area contributed by atoms with Gasteiger partial charge in [0.15, 0.2) is 0 Å². The summed E-state index contributed by atoms with van der Waals surface area (Å²) in [6.07, 6.45) is 2.86. The molecule has 2 heterocycles. The third-order valence-electron chi connectivity index (χ3n) is 4.84. The van der Waals surface area contributed by atoms with Gasteiger partial charge in [0.05, 0.1) is 17.4 Å². The second-order valence-corrected chi connectivity index (χ2v) is 7.35. The Morgan fingerprint density at radius 3 is 2.52 bits per heavy atom. The Bertz CT molecular complexity index is 755. The van der Waals surface area contributed by atoms with Crippen LogP contribution in [0, 0.1) is 11.7 Å². The fraction of sp³-hybridized carbons (Fsp3) is 0.429. The molecule has 0 radical (unpaired) electrons. The first kappa shape index (κ1) is 19.3. The highest BCUT2D eigenvalue weighted by molar-refractivity contribution is 6.04. The van der Waals surface area contributed by atoms with Gasteiger partial charge >= 0.3 is 0 Å². The number of hydrogen-bond acceptors (Lipinski definition) is 4. The normalized spacial score (nSPS) is 15.2. The summed E-state index contributed by atoms with van der Waals surface area (Å²) < 4.78 is 13.7. The van der Waals surface area contributed by atoms with Crippen LogP contribution in [-0.2, 0) is 0 Å². The molecule has 1 fully saturated rings. The Labute approximate surface area is 160 Å². The Morgan fingerprint density at radius 2 is 1.89 bits per heavy atom. The Hall–Kier alpha value is -2.47. The summed E-state index contributed by atoms with van der Waals surface area (Å²) in [5.41, 5.74) is 0.585. The smallest absolute Gasteiger partial charge is 0.258 e. The van der Waals surface area contributed by atoms with E-state index in [1.54, 1.807) is 18.3 Å². The maximum Gasteiger partial charge on any atom is 0.258 e. The SMILES string of the molecule is CC(C)CCN1CCN(c2ccc(NC(=O)c3ccccc3F)cn2)CC1. The van der Waals surface area contributed by atoms with Crippen LogP contribution < -0.4 is 10.2 Å². The summed E-state index contributed by atoms with van der Waals surface area (Å²) >= 11 is 0. The van der Waals surface area contributed by atoms with Gasteiger partial charge in [-0.25, -0.2) is 9.37 Å². The number of carbonyl (C=O) groups is 1. The Morgan fingerprint density at radius 1 is 1.15 bits per heavy atom. The molecule has 1 aliphatic rings. The number of anilines is 2. The molecule has 1 saturated heterocycles. The van der Waals surface area contributed by atoms with Crippen LogP contribution >= 0.6 is 0 Å². The topological polar surface area (TPSA) is 48.5 Å². The predicted octanol–water partition coefficient (Wildman–Crippen LogP) is 3.64. The molecule has 27 heavy (non-hydrogen) atoms. The van der Waals surface area contributed by atoms with Crippen LogP contribution in [0.5, 0.6) is 0 Å². The summed E-state index contributed by atoms with van der Waals surface area (Å²) in [4.78, 5) is 21.4. The number of aromatic nitrogens is 1. The standard InChI is InChI=1S/C21H27FN4O/c1-16(2)9-10-25-11-13-26(14-12-25)20-8-7-17(15-23-20)24-21(27)18-5-3-4-6-19(18)22/h3-8,15-16H,9-14H2,1-2H3,(H,24,27).